The highest BCUT2D eigenvalue weighted by Gasteiger charge is 2.52. The fourth-order valence-electron chi connectivity index (χ4n) is 6.87. The van der Waals surface area contributed by atoms with E-state index < -0.39 is 17.6 Å². The number of halogens is 4. The van der Waals surface area contributed by atoms with E-state index in [1.54, 1.807) is 0 Å². The lowest BCUT2D eigenvalue weighted by molar-refractivity contribution is -0.141. The number of likely N-dealkylation sites (tertiary alicyclic amines) is 1. The molecule has 4 aliphatic carbocycles. The maximum absolute atomic E-state index is 13.7. The van der Waals surface area contributed by atoms with Gasteiger partial charge < -0.3 is 4.90 Å². The van der Waals surface area contributed by atoms with E-state index >= 15 is 0 Å². The van der Waals surface area contributed by atoms with Crippen LogP contribution >= 0.6 is 0 Å². The molecule has 1 aromatic rings. The highest BCUT2D eigenvalue weighted by atomic mass is 19.4. The molecule has 5 fully saturated rings. The van der Waals surface area contributed by atoms with Gasteiger partial charge in [0.25, 0.3) is 0 Å². The molecule has 1 unspecified atom stereocenters. The van der Waals surface area contributed by atoms with Gasteiger partial charge in [0, 0.05) is 18.5 Å². The van der Waals surface area contributed by atoms with E-state index in [4.69, 9.17) is 0 Å². The van der Waals surface area contributed by atoms with E-state index in [9.17, 15) is 22.4 Å². The van der Waals surface area contributed by atoms with Crippen molar-refractivity contribution >= 4 is 5.91 Å². The normalized spacial score (nSPS) is 37.1. The van der Waals surface area contributed by atoms with Crippen molar-refractivity contribution in [1.29, 1.82) is 0 Å². The van der Waals surface area contributed by atoms with Crippen molar-refractivity contribution in [3.63, 3.8) is 0 Å². The van der Waals surface area contributed by atoms with Crippen LogP contribution in [-0.2, 0) is 17.4 Å². The molecule has 2 nitrogen and oxygen atoms in total. The molecular weight excluding hydrogens is 370 g/mol. The first-order valence-corrected chi connectivity index (χ1v) is 10.4. The third-order valence-electron chi connectivity index (χ3n) is 7.65. The number of alkyl halides is 3. The van der Waals surface area contributed by atoms with Gasteiger partial charge in [-0.15, -0.1) is 0 Å². The van der Waals surface area contributed by atoms with Gasteiger partial charge in [-0.2, -0.15) is 13.2 Å². The number of hydrogen-bond acceptors (Lipinski definition) is 1. The standard InChI is InChI=1S/C22H25F4NO/c23-19-10-14(9-18(11-19)22(24,25)26)4-15-1-2-27(21(15)28)20-16-5-12-3-13(7-16)8-17(20)6-12/h9-13,15-17,20H,1-8H2. The number of benzene rings is 1. The summed E-state index contributed by atoms with van der Waals surface area (Å²) in [6.07, 6.45) is 2.52. The van der Waals surface area contributed by atoms with E-state index in [1.165, 1.54) is 32.1 Å². The molecule has 0 aromatic heterocycles. The SMILES string of the molecule is O=C1C(Cc2cc(F)cc(C(F)(F)F)c2)CCN1C1C2CC3CC(C2)CC1C3. The lowest BCUT2D eigenvalue weighted by atomic mass is 9.54. The minimum atomic E-state index is -4.58. The van der Waals surface area contributed by atoms with Crippen LogP contribution in [0.3, 0.4) is 0 Å². The van der Waals surface area contributed by atoms with Crippen LogP contribution in [0, 0.1) is 35.4 Å². The second-order valence-corrected chi connectivity index (χ2v) is 9.49. The first-order chi connectivity index (χ1) is 13.3. The van der Waals surface area contributed by atoms with Crippen LogP contribution in [0.5, 0.6) is 0 Å². The van der Waals surface area contributed by atoms with Crippen molar-refractivity contribution in [1.82, 2.24) is 4.90 Å². The van der Waals surface area contributed by atoms with Gasteiger partial charge in [0.15, 0.2) is 0 Å². The third-order valence-corrected chi connectivity index (χ3v) is 7.65. The number of amides is 1. The van der Waals surface area contributed by atoms with E-state index in [0.29, 0.717) is 36.9 Å². The average molecular weight is 395 g/mol. The van der Waals surface area contributed by atoms with Crippen molar-refractivity contribution in [2.75, 3.05) is 6.54 Å². The quantitative estimate of drug-likeness (QED) is 0.655. The zero-order valence-corrected chi connectivity index (χ0v) is 15.7. The van der Waals surface area contributed by atoms with Crippen LogP contribution in [0.15, 0.2) is 18.2 Å². The van der Waals surface area contributed by atoms with Crippen molar-refractivity contribution in [2.24, 2.45) is 29.6 Å². The predicted octanol–water partition coefficient (Wildman–Crippen LogP) is 5.06. The Morgan fingerprint density at radius 2 is 1.61 bits per heavy atom. The minimum Gasteiger partial charge on any atom is -0.339 e. The molecular formula is C22H25F4NO. The average Bonchev–Trinajstić information content (AvgIpc) is 2.94. The summed E-state index contributed by atoms with van der Waals surface area (Å²) in [6.45, 7) is 0.692. The van der Waals surface area contributed by atoms with Crippen molar-refractivity contribution in [2.45, 2.75) is 57.2 Å². The van der Waals surface area contributed by atoms with Gasteiger partial charge in [-0.3, -0.25) is 4.79 Å². The maximum Gasteiger partial charge on any atom is 0.416 e. The monoisotopic (exact) mass is 395 g/mol. The summed E-state index contributed by atoms with van der Waals surface area (Å²) in [5.41, 5.74) is -0.719. The molecule has 1 atom stereocenters. The molecule has 0 radical (unpaired) electrons. The molecule has 1 aliphatic heterocycles. The number of hydrogen-bond donors (Lipinski definition) is 0. The van der Waals surface area contributed by atoms with Gasteiger partial charge in [-0.1, -0.05) is 0 Å². The molecule has 1 aromatic carbocycles. The summed E-state index contributed by atoms with van der Waals surface area (Å²) < 4.78 is 52.6. The number of rotatable bonds is 3. The molecule has 1 heterocycles. The van der Waals surface area contributed by atoms with Crippen LogP contribution < -0.4 is 0 Å². The largest absolute Gasteiger partial charge is 0.416 e. The molecule has 5 aliphatic rings. The number of carbonyl (C=O) groups excluding carboxylic acids is 1. The predicted molar refractivity (Wildman–Crippen MR) is 95.8 cm³/mol. The third kappa shape index (κ3) is 3.13. The highest BCUT2D eigenvalue weighted by molar-refractivity contribution is 5.81. The number of carbonyl (C=O) groups is 1. The molecule has 4 saturated carbocycles. The molecule has 1 saturated heterocycles. The first-order valence-electron chi connectivity index (χ1n) is 10.4. The van der Waals surface area contributed by atoms with Gasteiger partial charge >= 0.3 is 6.18 Å². The second-order valence-electron chi connectivity index (χ2n) is 9.49. The lowest BCUT2D eigenvalue weighted by Gasteiger charge is -2.56. The van der Waals surface area contributed by atoms with Gasteiger partial charge in [0.1, 0.15) is 5.82 Å². The Hall–Kier alpha value is -1.59. The van der Waals surface area contributed by atoms with Crippen LogP contribution in [0.25, 0.3) is 0 Å². The smallest absolute Gasteiger partial charge is 0.339 e. The number of nitrogens with zero attached hydrogens (tertiary/aromatic N) is 1. The second kappa shape index (κ2) is 6.46. The van der Waals surface area contributed by atoms with Gasteiger partial charge in [0.05, 0.1) is 5.56 Å². The Morgan fingerprint density at radius 3 is 2.21 bits per heavy atom. The van der Waals surface area contributed by atoms with E-state index in [1.807, 2.05) is 4.90 Å². The Kier molecular flexibility index (Phi) is 4.25. The fraction of sp³-hybridized carbons (Fsp3) is 0.682. The minimum absolute atomic E-state index is 0.0651. The summed E-state index contributed by atoms with van der Waals surface area (Å²) in [5.74, 6) is 1.71. The van der Waals surface area contributed by atoms with Crippen LogP contribution in [0.4, 0.5) is 17.6 Å². The van der Waals surface area contributed by atoms with E-state index in [2.05, 4.69) is 0 Å². The van der Waals surface area contributed by atoms with Gasteiger partial charge in [-0.05, 0) is 92.4 Å². The van der Waals surface area contributed by atoms with Crippen LogP contribution in [0.1, 0.15) is 49.7 Å². The Bertz CT molecular complexity index is 761. The first kappa shape index (κ1) is 18.4. The summed E-state index contributed by atoms with van der Waals surface area (Å²) >= 11 is 0. The molecule has 6 heteroatoms. The fourth-order valence-corrected chi connectivity index (χ4v) is 6.87. The van der Waals surface area contributed by atoms with E-state index in [-0.39, 0.29) is 23.8 Å². The Labute approximate surface area is 162 Å². The molecule has 1 amide bonds. The summed E-state index contributed by atoms with van der Waals surface area (Å²) in [7, 11) is 0. The molecule has 0 N–H and O–H groups in total. The van der Waals surface area contributed by atoms with E-state index in [0.717, 1.165) is 24.0 Å². The molecule has 4 bridgehead atoms. The van der Waals surface area contributed by atoms with Crippen molar-refractivity contribution in [3.05, 3.63) is 35.1 Å². The van der Waals surface area contributed by atoms with Crippen LogP contribution in [-0.4, -0.2) is 23.4 Å². The molecule has 6 rings (SSSR count). The van der Waals surface area contributed by atoms with Gasteiger partial charge in [0.2, 0.25) is 5.91 Å². The van der Waals surface area contributed by atoms with Crippen molar-refractivity contribution in [3.8, 4) is 0 Å². The molecule has 152 valence electrons. The topological polar surface area (TPSA) is 20.3 Å². The van der Waals surface area contributed by atoms with Gasteiger partial charge in [-0.25, -0.2) is 4.39 Å². The zero-order chi connectivity index (χ0) is 19.6. The summed E-state index contributed by atoms with van der Waals surface area (Å²) in [4.78, 5) is 15.2. The van der Waals surface area contributed by atoms with Crippen molar-refractivity contribution < 1.29 is 22.4 Å². The molecule has 28 heavy (non-hydrogen) atoms. The zero-order valence-electron chi connectivity index (χ0n) is 15.7. The lowest BCUT2D eigenvalue weighted by Crippen LogP contribution is -2.56. The van der Waals surface area contributed by atoms with Crippen LogP contribution in [0.2, 0.25) is 0 Å². The maximum atomic E-state index is 13.7. The Morgan fingerprint density at radius 1 is 0.964 bits per heavy atom. The molecule has 0 spiro atoms. The highest BCUT2D eigenvalue weighted by Crippen LogP contribution is 2.55. The summed E-state index contributed by atoms with van der Waals surface area (Å²) in [5, 5.41) is 0. The Balaban J connectivity index is 1.32. The summed E-state index contributed by atoms with van der Waals surface area (Å²) in [6, 6.07) is 2.96.